The van der Waals surface area contributed by atoms with Gasteiger partial charge >= 0.3 is 5.97 Å². The third-order valence-corrected chi connectivity index (χ3v) is 3.40. The Bertz CT molecular complexity index is 588. The molecular formula is C17H26FFeN2O3-. The quantitative estimate of drug-likeness (QED) is 0.393. The van der Waals surface area contributed by atoms with Crippen LogP contribution in [-0.4, -0.2) is 42.7 Å². The molecule has 24 heavy (non-hydrogen) atoms. The van der Waals surface area contributed by atoms with E-state index in [0.29, 0.717) is 24.9 Å². The average molecular weight is 381 g/mol. The fraction of sp³-hybridized carbons (Fsp3) is 0.647. The molecule has 1 aromatic heterocycles. The Balaban J connectivity index is 0.00000529. The van der Waals surface area contributed by atoms with Gasteiger partial charge in [0.25, 0.3) is 0 Å². The van der Waals surface area contributed by atoms with Crippen molar-refractivity contribution in [2.45, 2.75) is 39.7 Å². The monoisotopic (exact) mass is 381 g/mol. The molecule has 5 nitrogen and oxygen atoms in total. The zero-order valence-electron chi connectivity index (χ0n) is 14.9. The minimum Gasteiger partial charge on any atom is -0.464 e. The van der Waals surface area contributed by atoms with Gasteiger partial charge < -0.3 is 19.0 Å². The van der Waals surface area contributed by atoms with Crippen LogP contribution in [0.2, 0.25) is 0 Å². The Morgan fingerprint density at radius 3 is 2.54 bits per heavy atom. The summed E-state index contributed by atoms with van der Waals surface area (Å²) in [5.74, 6) is -1.31. The third-order valence-electron chi connectivity index (χ3n) is 3.40. The van der Waals surface area contributed by atoms with Gasteiger partial charge in [-0.05, 0) is 46.3 Å². The summed E-state index contributed by atoms with van der Waals surface area (Å²) in [6.45, 7) is 6.50. The summed E-state index contributed by atoms with van der Waals surface area (Å²) in [5.41, 5.74) is -0.272. The van der Waals surface area contributed by atoms with Gasteiger partial charge in [-0.15, -0.1) is 11.6 Å². The van der Waals surface area contributed by atoms with Gasteiger partial charge in [-0.2, -0.15) is 0 Å². The van der Waals surface area contributed by atoms with Crippen molar-refractivity contribution in [2.75, 3.05) is 27.2 Å². The molecular weight excluding hydrogens is 355 g/mol. The number of esters is 1. The van der Waals surface area contributed by atoms with E-state index in [0.717, 1.165) is 4.57 Å². The van der Waals surface area contributed by atoms with Crippen LogP contribution in [0.3, 0.4) is 0 Å². The second-order valence-electron chi connectivity index (χ2n) is 6.26. The maximum absolute atomic E-state index is 14.0. The normalized spacial score (nSPS) is 12.2. The Morgan fingerprint density at radius 1 is 1.42 bits per heavy atom. The van der Waals surface area contributed by atoms with Gasteiger partial charge in [0.1, 0.15) is 6.04 Å². The second-order valence-corrected chi connectivity index (χ2v) is 6.26. The van der Waals surface area contributed by atoms with Crippen LogP contribution in [0.25, 0.3) is 0 Å². The summed E-state index contributed by atoms with van der Waals surface area (Å²) in [7, 11) is 3.82. The summed E-state index contributed by atoms with van der Waals surface area (Å²) in [6, 6.07) is 1.66. The number of nitrogens with zero attached hydrogens (tertiary/aromatic N) is 2. The summed E-state index contributed by atoms with van der Waals surface area (Å²) in [5, 5.41) is 0. The largest absolute Gasteiger partial charge is 0.464 e. The van der Waals surface area contributed by atoms with E-state index in [4.69, 9.17) is 4.74 Å². The van der Waals surface area contributed by atoms with Crippen LogP contribution >= 0.6 is 0 Å². The molecule has 1 heterocycles. The van der Waals surface area contributed by atoms with Gasteiger partial charge in [-0.1, -0.05) is 20.0 Å². The molecule has 7 heteroatoms. The first-order valence-electron chi connectivity index (χ1n) is 7.90. The van der Waals surface area contributed by atoms with Crippen molar-refractivity contribution in [3.8, 4) is 0 Å². The number of ether oxygens (including phenoxy) is 1. The number of aromatic nitrogens is 1. The number of halogens is 1. The molecule has 0 aliphatic carbocycles. The second kappa shape index (κ2) is 10.6. The molecule has 0 saturated heterocycles. The van der Waals surface area contributed by atoms with E-state index in [-0.39, 0.29) is 29.6 Å². The Morgan fingerprint density at radius 2 is 2.04 bits per heavy atom. The molecule has 0 amide bonds. The van der Waals surface area contributed by atoms with Crippen molar-refractivity contribution in [3.05, 3.63) is 34.0 Å². The maximum Gasteiger partial charge on any atom is 0.327 e. The molecule has 1 unspecified atom stereocenters. The van der Waals surface area contributed by atoms with E-state index in [1.165, 1.54) is 6.20 Å². The SMILES string of the molecule is CCOC(=O)C(CC(C)C)n1cc(CCN(C)C)[c-]c(F)c1=O.[Fe]. The van der Waals surface area contributed by atoms with Crippen LogP contribution in [0.4, 0.5) is 4.39 Å². The number of likely N-dealkylation sites (N-methyl/N-ethyl adjacent to an activating group) is 1. The van der Waals surface area contributed by atoms with Crippen LogP contribution in [0, 0.1) is 17.8 Å². The molecule has 0 saturated carbocycles. The molecule has 0 spiro atoms. The van der Waals surface area contributed by atoms with Crippen molar-refractivity contribution in [2.24, 2.45) is 5.92 Å². The van der Waals surface area contributed by atoms with Crippen molar-refractivity contribution in [1.82, 2.24) is 9.47 Å². The molecule has 0 fully saturated rings. The molecule has 1 atom stereocenters. The van der Waals surface area contributed by atoms with Crippen molar-refractivity contribution < 1.29 is 31.0 Å². The third kappa shape index (κ3) is 6.75. The molecule has 0 aliphatic heterocycles. The molecule has 0 radical (unpaired) electrons. The van der Waals surface area contributed by atoms with Gasteiger partial charge in [0.05, 0.1) is 12.4 Å². The minimum atomic E-state index is -0.959. The van der Waals surface area contributed by atoms with Crippen LogP contribution in [0.15, 0.2) is 11.0 Å². The van der Waals surface area contributed by atoms with E-state index in [1.807, 2.05) is 32.8 Å². The first-order valence-corrected chi connectivity index (χ1v) is 7.90. The van der Waals surface area contributed by atoms with Gasteiger partial charge in [0, 0.05) is 17.1 Å². The van der Waals surface area contributed by atoms with Crippen molar-refractivity contribution in [3.63, 3.8) is 0 Å². The number of hydrogen-bond donors (Lipinski definition) is 0. The number of carbonyl (C=O) groups excluding carboxylic acids is 1. The number of hydrogen-bond acceptors (Lipinski definition) is 4. The molecule has 1 aromatic rings. The van der Waals surface area contributed by atoms with Crippen LogP contribution in [0.5, 0.6) is 0 Å². The molecule has 0 N–H and O–H groups in total. The predicted octanol–water partition coefficient (Wildman–Crippen LogP) is 2.04. The Kier molecular flexibility index (Phi) is 10.1. The Labute approximate surface area is 153 Å². The van der Waals surface area contributed by atoms with Gasteiger partial charge in [0.15, 0.2) is 5.56 Å². The Hall–Kier alpha value is -1.17. The molecule has 138 valence electrons. The zero-order valence-corrected chi connectivity index (χ0v) is 16.0. The summed E-state index contributed by atoms with van der Waals surface area (Å²) >= 11 is 0. The fourth-order valence-electron chi connectivity index (χ4n) is 2.28. The van der Waals surface area contributed by atoms with Crippen molar-refractivity contribution >= 4 is 5.97 Å². The van der Waals surface area contributed by atoms with E-state index >= 15 is 0 Å². The number of rotatable bonds is 8. The first-order chi connectivity index (χ1) is 10.8. The standard InChI is InChI=1S/C17H26FN2O3.Fe/c1-6-23-17(22)15(9-12(2)3)20-11-13(7-8-19(4)5)10-14(18)16(20)21;/h11-12,15H,6-9H2,1-5H3;/q-1;. The van der Waals surface area contributed by atoms with Crippen LogP contribution < -0.4 is 5.56 Å². The van der Waals surface area contributed by atoms with E-state index in [2.05, 4.69) is 6.07 Å². The smallest absolute Gasteiger partial charge is 0.327 e. The fourth-order valence-corrected chi connectivity index (χ4v) is 2.28. The van der Waals surface area contributed by atoms with E-state index in [1.54, 1.807) is 6.92 Å². The van der Waals surface area contributed by atoms with Crippen LogP contribution in [-0.2, 0) is 33.0 Å². The zero-order chi connectivity index (χ0) is 17.6. The first kappa shape index (κ1) is 22.8. The van der Waals surface area contributed by atoms with E-state index in [9.17, 15) is 14.0 Å². The van der Waals surface area contributed by atoms with Crippen molar-refractivity contribution in [1.29, 1.82) is 0 Å². The number of pyridine rings is 1. The molecule has 0 aromatic carbocycles. The van der Waals surface area contributed by atoms with Gasteiger partial charge in [-0.25, -0.2) is 9.18 Å². The predicted molar refractivity (Wildman–Crippen MR) is 86.9 cm³/mol. The summed E-state index contributed by atoms with van der Waals surface area (Å²) in [4.78, 5) is 26.3. The average Bonchev–Trinajstić information content (AvgIpc) is 2.46. The summed E-state index contributed by atoms with van der Waals surface area (Å²) < 4.78 is 20.2. The molecule has 0 aliphatic rings. The number of carbonyl (C=O) groups is 1. The van der Waals surface area contributed by atoms with Gasteiger partial charge in [-0.3, -0.25) is 0 Å². The van der Waals surface area contributed by atoms with E-state index < -0.39 is 23.4 Å². The maximum atomic E-state index is 14.0. The summed E-state index contributed by atoms with van der Waals surface area (Å²) in [6.07, 6.45) is 2.48. The minimum absolute atomic E-state index is 0. The molecule has 1 rings (SSSR count). The molecule has 0 bridgehead atoms. The topological polar surface area (TPSA) is 51.5 Å². The van der Waals surface area contributed by atoms with Gasteiger partial charge in [0.2, 0.25) is 0 Å². The van der Waals surface area contributed by atoms with Crippen LogP contribution in [0.1, 0.15) is 38.8 Å².